The van der Waals surface area contributed by atoms with Gasteiger partial charge in [0.1, 0.15) is 5.92 Å². The lowest BCUT2D eigenvalue weighted by Crippen LogP contribution is -2.42. The van der Waals surface area contributed by atoms with Crippen LogP contribution in [0.2, 0.25) is 0 Å². The molecule has 3 rings (SSSR count). The van der Waals surface area contributed by atoms with E-state index in [2.05, 4.69) is 4.98 Å². The molecule has 2 atom stereocenters. The van der Waals surface area contributed by atoms with Crippen molar-refractivity contribution < 1.29 is 24.2 Å². The van der Waals surface area contributed by atoms with E-state index < -0.39 is 17.9 Å². The number of fused-ring (bicyclic) bond motifs is 1. The zero-order chi connectivity index (χ0) is 18.1. The van der Waals surface area contributed by atoms with Gasteiger partial charge in [-0.2, -0.15) is 0 Å². The number of carboxylic acid groups (broad SMARTS) is 1. The average molecular weight is 342 g/mol. The van der Waals surface area contributed by atoms with Crippen LogP contribution in [0.15, 0.2) is 36.7 Å². The fourth-order valence-corrected chi connectivity index (χ4v) is 3.28. The van der Waals surface area contributed by atoms with Crippen LogP contribution in [0.5, 0.6) is 11.5 Å². The van der Waals surface area contributed by atoms with Gasteiger partial charge in [-0.1, -0.05) is 6.07 Å². The maximum atomic E-state index is 12.9. The highest BCUT2D eigenvalue weighted by Gasteiger charge is 2.43. The Morgan fingerprint density at radius 3 is 2.48 bits per heavy atom. The first-order valence-corrected chi connectivity index (χ1v) is 7.65. The fraction of sp³-hybridized carbons (Fsp3) is 0.278. The molecule has 0 bridgehead atoms. The van der Waals surface area contributed by atoms with E-state index in [1.807, 2.05) is 0 Å². The number of amides is 1. The number of hydrogen-bond acceptors (Lipinski definition) is 5. The van der Waals surface area contributed by atoms with E-state index >= 15 is 0 Å². The summed E-state index contributed by atoms with van der Waals surface area (Å²) >= 11 is 0. The summed E-state index contributed by atoms with van der Waals surface area (Å²) < 4.78 is 10.5. The molecule has 1 N–H and O–H groups in total. The number of pyridine rings is 1. The number of ether oxygens (including phenoxy) is 2. The number of nitrogens with zero attached hydrogens (tertiary/aromatic N) is 2. The van der Waals surface area contributed by atoms with Crippen LogP contribution in [0, 0.1) is 0 Å². The summed E-state index contributed by atoms with van der Waals surface area (Å²) in [5.74, 6) is -1.48. The molecule has 0 radical (unpaired) electrons. The maximum absolute atomic E-state index is 12.9. The summed E-state index contributed by atoms with van der Waals surface area (Å²) in [4.78, 5) is 30.4. The Morgan fingerprint density at radius 2 is 1.92 bits per heavy atom. The summed E-state index contributed by atoms with van der Waals surface area (Å²) in [6.07, 6.45) is 3.18. The summed E-state index contributed by atoms with van der Waals surface area (Å²) in [7, 11) is 4.53. The van der Waals surface area contributed by atoms with Crippen molar-refractivity contribution in [3.63, 3.8) is 0 Å². The Labute approximate surface area is 144 Å². The number of aromatic nitrogens is 1. The predicted molar refractivity (Wildman–Crippen MR) is 89.0 cm³/mol. The molecule has 7 heteroatoms. The van der Waals surface area contributed by atoms with Crippen molar-refractivity contribution in [2.24, 2.45) is 0 Å². The number of methoxy groups -OCH3 is 2. The lowest BCUT2D eigenvalue weighted by molar-refractivity contribution is -0.140. The molecule has 2 aromatic rings. The van der Waals surface area contributed by atoms with Gasteiger partial charge in [-0.3, -0.25) is 14.6 Å². The second-order valence-electron chi connectivity index (χ2n) is 5.76. The highest BCUT2D eigenvalue weighted by Crippen LogP contribution is 2.45. The Hall–Kier alpha value is -3.09. The molecule has 1 aliphatic rings. The first-order valence-electron chi connectivity index (χ1n) is 7.65. The monoisotopic (exact) mass is 342 g/mol. The quantitative estimate of drug-likeness (QED) is 0.915. The Morgan fingerprint density at radius 1 is 1.24 bits per heavy atom. The molecule has 0 spiro atoms. The van der Waals surface area contributed by atoms with Crippen molar-refractivity contribution in [1.29, 1.82) is 0 Å². The van der Waals surface area contributed by atoms with Crippen molar-refractivity contribution in [1.82, 2.24) is 9.88 Å². The van der Waals surface area contributed by atoms with Crippen LogP contribution in [0.4, 0.5) is 0 Å². The maximum Gasteiger partial charge on any atom is 0.313 e. The normalized spacial score (nSPS) is 19.3. The topological polar surface area (TPSA) is 89.0 Å². The van der Waals surface area contributed by atoms with Crippen molar-refractivity contribution in [2.45, 2.75) is 12.0 Å². The van der Waals surface area contributed by atoms with Crippen molar-refractivity contribution in [2.75, 3.05) is 21.3 Å². The van der Waals surface area contributed by atoms with Crippen LogP contribution in [-0.4, -0.2) is 48.1 Å². The zero-order valence-electron chi connectivity index (χ0n) is 14.1. The van der Waals surface area contributed by atoms with Crippen LogP contribution in [0.3, 0.4) is 0 Å². The van der Waals surface area contributed by atoms with Gasteiger partial charge in [-0.25, -0.2) is 0 Å². The highest BCUT2D eigenvalue weighted by molar-refractivity contribution is 6.01. The molecule has 2 unspecified atom stereocenters. The summed E-state index contributed by atoms with van der Waals surface area (Å²) in [5.41, 5.74) is 1.36. The van der Waals surface area contributed by atoms with Gasteiger partial charge < -0.3 is 19.5 Å². The minimum Gasteiger partial charge on any atom is -0.493 e. The molecule has 0 saturated carbocycles. The number of carbonyl (C=O) groups is 2. The lowest BCUT2D eigenvalue weighted by Gasteiger charge is -2.38. The van der Waals surface area contributed by atoms with Crippen molar-refractivity contribution in [3.05, 3.63) is 53.3 Å². The number of benzene rings is 1. The largest absolute Gasteiger partial charge is 0.493 e. The molecule has 130 valence electrons. The van der Waals surface area contributed by atoms with Gasteiger partial charge >= 0.3 is 5.97 Å². The number of aliphatic carboxylic acids is 1. The molecule has 25 heavy (non-hydrogen) atoms. The van der Waals surface area contributed by atoms with Crippen LogP contribution in [0.1, 0.15) is 33.4 Å². The van der Waals surface area contributed by atoms with E-state index in [9.17, 15) is 14.7 Å². The van der Waals surface area contributed by atoms with Crippen LogP contribution >= 0.6 is 0 Å². The third kappa shape index (κ3) is 2.67. The first-order chi connectivity index (χ1) is 12.0. The van der Waals surface area contributed by atoms with Gasteiger partial charge in [-0.05, 0) is 29.3 Å². The molecule has 1 aromatic carbocycles. The lowest BCUT2D eigenvalue weighted by atomic mass is 9.80. The van der Waals surface area contributed by atoms with Crippen LogP contribution in [-0.2, 0) is 4.79 Å². The van der Waals surface area contributed by atoms with E-state index in [1.54, 1.807) is 37.6 Å². The molecule has 7 nitrogen and oxygen atoms in total. The fourth-order valence-electron chi connectivity index (χ4n) is 3.28. The first kappa shape index (κ1) is 16.8. The third-order valence-electron chi connectivity index (χ3n) is 4.47. The minimum absolute atomic E-state index is 0.276. The van der Waals surface area contributed by atoms with Gasteiger partial charge in [0, 0.05) is 25.0 Å². The number of likely N-dealkylation sites (N-methyl/N-ethyl adjacent to an activating group) is 1. The third-order valence-corrected chi connectivity index (χ3v) is 4.47. The van der Waals surface area contributed by atoms with Crippen LogP contribution < -0.4 is 9.47 Å². The van der Waals surface area contributed by atoms with Gasteiger partial charge in [0.05, 0.1) is 20.3 Å². The Balaban J connectivity index is 2.24. The van der Waals surface area contributed by atoms with Crippen molar-refractivity contribution in [3.8, 4) is 11.5 Å². The second kappa shape index (κ2) is 6.43. The summed E-state index contributed by atoms with van der Waals surface area (Å²) in [5, 5.41) is 9.88. The van der Waals surface area contributed by atoms with Gasteiger partial charge in [0.25, 0.3) is 5.91 Å². The number of rotatable bonds is 4. The summed E-state index contributed by atoms with van der Waals surface area (Å²) in [6.45, 7) is 0. The standard InChI is InChI=1S/C18H18N2O5/c1-20-16(10-5-4-6-19-9-10)15(18(22)23)11-7-13(24-2)14(25-3)8-12(11)17(20)21/h4-9,15-16H,1-3H3,(H,22,23). The minimum atomic E-state index is -1.03. The summed E-state index contributed by atoms with van der Waals surface area (Å²) in [6, 6.07) is 5.92. The molecule has 0 aliphatic carbocycles. The molecule has 0 fully saturated rings. The Kier molecular flexibility index (Phi) is 4.31. The molecule has 2 heterocycles. The molecular formula is C18H18N2O5. The van der Waals surface area contributed by atoms with E-state index in [1.165, 1.54) is 25.2 Å². The van der Waals surface area contributed by atoms with Crippen LogP contribution in [0.25, 0.3) is 0 Å². The molecule has 1 aliphatic heterocycles. The second-order valence-corrected chi connectivity index (χ2v) is 5.76. The number of carbonyl (C=O) groups excluding carboxylic acids is 1. The average Bonchev–Trinajstić information content (AvgIpc) is 2.63. The highest BCUT2D eigenvalue weighted by atomic mass is 16.5. The SMILES string of the molecule is COc1cc2c(cc1OC)C(C(=O)O)C(c1cccnc1)N(C)C2=O. The van der Waals surface area contributed by atoms with Gasteiger partial charge in [0.2, 0.25) is 0 Å². The smallest absolute Gasteiger partial charge is 0.313 e. The van der Waals surface area contributed by atoms with E-state index in [0.29, 0.717) is 28.2 Å². The molecule has 1 aromatic heterocycles. The zero-order valence-corrected chi connectivity index (χ0v) is 14.1. The molecule has 1 amide bonds. The number of carboxylic acids is 1. The van der Waals surface area contributed by atoms with E-state index in [0.717, 1.165) is 0 Å². The van der Waals surface area contributed by atoms with E-state index in [-0.39, 0.29) is 5.91 Å². The Bertz CT molecular complexity index is 822. The molecular weight excluding hydrogens is 324 g/mol. The van der Waals surface area contributed by atoms with Gasteiger partial charge in [0.15, 0.2) is 11.5 Å². The number of hydrogen-bond donors (Lipinski definition) is 1. The molecule has 0 saturated heterocycles. The van der Waals surface area contributed by atoms with Crippen molar-refractivity contribution >= 4 is 11.9 Å². The predicted octanol–water partition coefficient (Wildman–Crippen LogP) is 2.09. The van der Waals surface area contributed by atoms with Gasteiger partial charge in [-0.15, -0.1) is 0 Å². The van der Waals surface area contributed by atoms with E-state index in [4.69, 9.17) is 9.47 Å².